The average Bonchev–Trinajstić information content (AvgIpc) is 3.02. The van der Waals surface area contributed by atoms with E-state index in [9.17, 15) is 27.6 Å². The number of para-hydroxylation sites is 1. The van der Waals surface area contributed by atoms with E-state index in [1.54, 1.807) is 0 Å². The van der Waals surface area contributed by atoms with Gasteiger partial charge in [0.2, 0.25) is 5.91 Å². The van der Waals surface area contributed by atoms with Crippen molar-refractivity contribution in [1.29, 1.82) is 0 Å². The molecule has 2 amide bonds. The van der Waals surface area contributed by atoms with Gasteiger partial charge in [0.25, 0.3) is 5.91 Å². The van der Waals surface area contributed by atoms with Crippen molar-refractivity contribution in [2.45, 2.75) is 26.1 Å². The van der Waals surface area contributed by atoms with Crippen molar-refractivity contribution in [3.05, 3.63) is 40.9 Å². The van der Waals surface area contributed by atoms with Gasteiger partial charge in [0, 0.05) is 12.3 Å². The lowest BCUT2D eigenvalue weighted by Crippen LogP contribution is -2.30. The third-order valence-electron chi connectivity index (χ3n) is 3.14. The fourth-order valence-corrected chi connectivity index (χ4v) is 2.65. The number of thiazole rings is 1. The number of amides is 2. The molecule has 1 heterocycles. The number of aromatic nitrogens is 1. The SMILES string of the molecule is CC(=O)Nc1nc(C(=O)OC(C)C(=O)Nc2ccccc2C(F)(F)F)cs1. The number of esters is 1. The van der Waals surface area contributed by atoms with Crippen LogP contribution in [-0.4, -0.2) is 28.9 Å². The summed E-state index contributed by atoms with van der Waals surface area (Å²) in [6.45, 7) is 2.48. The molecule has 2 aromatic rings. The number of alkyl halides is 3. The first kappa shape index (κ1) is 20.4. The van der Waals surface area contributed by atoms with Gasteiger partial charge in [-0.3, -0.25) is 9.59 Å². The molecule has 1 unspecified atom stereocenters. The van der Waals surface area contributed by atoms with Crippen LogP contribution in [0.2, 0.25) is 0 Å². The normalized spacial score (nSPS) is 12.2. The monoisotopic (exact) mass is 401 g/mol. The summed E-state index contributed by atoms with van der Waals surface area (Å²) < 4.78 is 43.8. The van der Waals surface area contributed by atoms with Crippen LogP contribution in [0.25, 0.3) is 0 Å². The van der Waals surface area contributed by atoms with E-state index < -0.39 is 35.4 Å². The van der Waals surface area contributed by atoms with Gasteiger partial charge >= 0.3 is 12.1 Å². The van der Waals surface area contributed by atoms with Gasteiger partial charge in [-0.1, -0.05) is 12.1 Å². The Labute approximate surface area is 155 Å². The molecule has 0 aliphatic heterocycles. The first-order valence-electron chi connectivity index (χ1n) is 7.49. The van der Waals surface area contributed by atoms with E-state index in [1.807, 2.05) is 0 Å². The Morgan fingerprint density at radius 2 is 1.85 bits per heavy atom. The lowest BCUT2D eigenvalue weighted by molar-refractivity contribution is -0.137. The van der Waals surface area contributed by atoms with Gasteiger partial charge in [0.1, 0.15) is 0 Å². The molecular weight excluding hydrogens is 387 g/mol. The Bertz CT molecular complexity index is 867. The summed E-state index contributed by atoms with van der Waals surface area (Å²) in [5.41, 5.74) is -1.60. The van der Waals surface area contributed by atoms with Gasteiger partial charge in [-0.2, -0.15) is 13.2 Å². The second-order valence-corrected chi connectivity index (χ2v) is 6.16. The Morgan fingerprint density at radius 3 is 2.48 bits per heavy atom. The van der Waals surface area contributed by atoms with Crippen molar-refractivity contribution >= 4 is 39.9 Å². The number of halogens is 3. The van der Waals surface area contributed by atoms with Gasteiger partial charge in [-0.25, -0.2) is 9.78 Å². The molecule has 27 heavy (non-hydrogen) atoms. The molecule has 0 aliphatic rings. The van der Waals surface area contributed by atoms with E-state index in [1.165, 1.54) is 31.4 Å². The standard InChI is InChI=1S/C16H14F3N3O4S/c1-8(26-14(25)12-7-27-15(22-12)20-9(2)23)13(24)21-11-6-4-3-5-10(11)16(17,18)19/h3-8H,1-2H3,(H,21,24)(H,20,22,23). The summed E-state index contributed by atoms with van der Waals surface area (Å²) in [6, 6.07) is 4.44. The number of carbonyl (C=O) groups is 3. The minimum absolute atomic E-state index is 0.140. The number of nitrogens with zero attached hydrogens (tertiary/aromatic N) is 1. The zero-order chi connectivity index (χ0) is 20.2. The molecule has 1 aromatic carbocycles. The van der Waals surface area contributed by atoms with Crippen LogP contribution in [0.15, 0.2) is 29.6 Å². The topological polar surface area (TPSA) is 97.4 Å². The number of carbonyl (C=O) groups excluding carboxylic acids is 3. The van der Waals surface area contributed by atoms with Crippen LogP contribution in [0, 0.1) is 0 Å². The van der Waals surface area contributed by atoms with Crippen molar-refractivity contribution in [3.8, 4) is 0 Å². The highest BCUT2D eigenvalue weighted by molar-refractivity contribution is 7.14. The minimum atomic E-state index is -4.65. The Balaban J connectivity index is 2.03. The molecule has 0 radical (unpaired) electrons. The Hall–Kier alpha value is -2.95. The van der Waals surface area contributed by atoms with Gasteiger partial charge in [-0.05, 0) is 19.1 Å². The molecule has 0 saturated carbocycles. The van der Waals surface area contributed by atoms with E-state index >= 15 is 0 Å². The quantitative estimate of drug-likeness (QED) is 0.750. The molecule has 1 atom stereocenters. The van der Waals surface area contributed by atoms with Crippen LogP contribution in [0.5, 0.6) is 0 Å². The molecule has 0 spiro atoms. The summed E-state index contributed by atoms with van der Waals surface area (Å²) in [6.07, 6.45) is -6.02. The molecule has 0 saturated heterocycles. The van der Waals surface area contributed by atoms with Gasteiger partial charge in [0.05, 0.1) is 11.3 Å². The maximum absolute atomic E-state index is 13.0. The summed E-state index contributed by atoms with van der Waals surface area (Å²) >= 11 is 0.980. The Kier molecular flexibility index (Phi) is 6.16. The molecule has 0 bridgehead atoms. The largest absolute Gasteiger partial charge is 0.448 e. The maximum atomic E-state index is 13.0. The van der Waals surface area contributed by atoms with Crippen LogP contribution in [0.1, 0.15) is 29.9 Å². The van der Waals surface area contributed by atoms with Crippen molar-refractivity contribution in [3.63, 3.8) is 0 Å². The number of rotatable bonds is 5. The number of nitrogens with one attached hydrogen (secondary N) is 2. The van der Waals surface area contributed by atoms with E-state index in [0.717, 1.165) is 23.5 Å². The third kappa shape index (κ3) is 5.51. The summed E-state index contributed by atoms with van der Waals surface area (Å²) in [5, 5.41) is 5.97. The number of anilines is 2. The molecular formula is C16H14F3N3O4S. The van der Waals surface area contributed by atoms with Crippen LogP contribution in [-0.2, 0) is 20.5 Å². The minimum Gasteiger partial charge on any atom is -0.448 e. The van der Waals surface area contributed by atoms with Crippen molar-refractivity contribution < 1.29 is 32.3 Å². The average molecular weight is 401 g/mol. The summed E-state index contributed by atoms with van der Waals surface area (Å²) in [7, 11) is 0. The molecule has 1 aromatic heterocycles. The van der Waals surface area contributed by atoms with E-state index in [-0.39, 0.29) is 16.7 Å². The van der Waals surface area contributed by atoms with E-state index in [4.69, 9.17) is 4.74 Å². The summed E-state index contributed by atoms with van der Waals surface area (Å²) in [5.74, 6) is -2.26. The fourth-order valence-electron chi connectivity index (χ4n) is 1.92. The fraction of sp³-hybridized carbons (Fsp3) is 0.250. The Morgan fingerprint density at radius 1 is 1.19 bits per heavy atom. The van der Waals surface area contributed by atoms with E-state index in [2.05, 4.69) is 15.6 Å². The highest BCUT2D eigenvalue weighted by Crippen LogP contribution is 2.34. The van der Waals surface area contributed by atoms with Crippen molar-refractivity contribution in [2.24, 2.45) is 0 Å². The first-order chi connectivity index (χ1) is 12.6. The molecule has 11 heteroatoms. The van der Waals surface area contributed by atoms with Crippen LogP contribution in [0.4, 0.5) is 24.0 Å². The van der Waals surface area contributed by atoms with Crippen molar-refractivity contribution in [1.82, 2.24) is 4.98 Å². The van der Waals surface area contributed by atoms with Gasteiger partial charge < -0.3 is 15.4 Å². The highest BCUT2D eigenvalue weighted by atomic mass is 32.1. The highest BCUT2D eigenvalue weighted by Gasteiger charge is 2.34. The second kappa shape index (κ2) is 8.16. The smallest absolute Gasteiger partial charge is 0.418 e. The van der Waals surface area contributed by atoms with E-state index in [0.29, 0.717) is 0 Å². The molecule has 0 fully saturated rings. The zero-order valence-electron chi connectivity index (χ0n) is 14.1. The van der Waals surface area contributed by atoms with Gasteiger partial charge in [0.15, 0.2) is 16.9 Å². The second-order valence-electron chi connectivity index (χ2n) is 5.30. The number of hydrogen-bond donors (Lipinski definition) is 2. The van der Waals surface area contributed by atoms with Gasteiger partial charge in [-0.15, -0.1) is 11.3 Å². The zero-order valence-corrected chi connectivity index (χ0v) is 14.9. The molecule has 7 nitrogen and oxygen atoms in total. The maximum Gasteiger partial charge on any atom is 0.418 e. The third-order valence-corrected chi connectivity index (χ3v) is 3.90. The number of hydrogen-bond acceptors (Lipinski definition) is 6. The summed E-state index contributed by atoms with van der Waals surface area (Å²) in [4.78, 5) is 38.8. The van der Waals surface area contributed by atoms with Crippen molar-refractivity contribution in [2.75, 3.05) is 10.6 Å². The number of ether oxygens (including phenoxy) is 1. The number of benzene rings is 1. The lowest BCUT2D eigenvalue weighted by Gasteiger charge is -2.16. The molecule has 144 valence electrons. The lowest BCUT2D eigenvalue weighted by atomic mass is 10.1. The predicted octanol–water partition coefficient (Wildman–Crippen LogP) is 3.30. The molecule has 0 aliphatic carbocycles. The van der Waals surface area contributed by atoms with Crippen LogP contribution < -0.4 is 10.6 Å². The van der Waals surface area contributed by atoms with Crippen LogP contribution >= 0.6 is 11.3 Å². The molecule has 2 rings (SSSR count). The van der Waals surface area contributed by atoms with Crippen LogP contribution in [0.3, 0.4) is 0 Å². The molecule has 2 N–H and O–H groups in total. The first-order valence-corrected chi connectivity index (χ1v) is 8.37. The predicted molar refractivity (Wildman–Crippen MR) is 91.4 cm³/mol.